The summed E-state index contributed by atoms with van der Waals surface area (Å²) < 4.78 is 10.1. The number of Topliss-reactive ketones (excluding diaryl/α,β-unsaturated/α-hetero) is 2. The Hall–Kier alpha value is -1.96. The van der Waals surface area contributed by atoms with E-state index in [9.17, 15) is 19.2 Å². The van der Waals surface area contributed by atoms with Crippen molar-refractivity contribution in [3.8, 4) is 0 Å². The summed E-state index contributed by atoms with van der Waals surface area (Å²) in [5.41, 5.74) is -0.763. The lowest BCUT2D eigenvalue weighted by Gasteiger charge is -2.26. The second-order valence-electron chi connectivity index (χ2n) is 5.74. The van der Waals surface area contributed by atoms with Gasteiger partial charge >= 0.3 is 12.1 Å². The van der Waals surface area contributed by atoms with Crippen molar-refractivity contribution in [1.29, 1.82) is 0 Å². The lowest BCUT2D eigenvalue weighted by molar-refractivity contribution is -0.148. The Kier molecular flexibility index (Phi) is 3.29. The summed E-state index contributed by atoms with van der Waals surface area (Å²) in [5, 5.41) is 11.4. The maximum Gasteiger partial charge on any atom is 0.408 e. The molecule has 0 saturated carbocycles. The fourth-order valence-electron chi connectivity index (χ4n) is 2.33. The fourth-order valence-corrected chi connectivity index (χ4v) is 2.33. The second kappa shape index (κ2) is 4.55. The van der Waals surface area contributed by atoms with Crippen LogP contribution in [0.25, 0.3) is 0 Å². The van der Waals surface area contributed by atoms with E-state index in [0.29, 0.717) is 0 Å². The van der Waals surface area contributed by atoms with Gasteiger partial charge in [-0.15, -0.1) is 0 Å². The number of nitrogens with one attached hydrogen (secondary N) is 1. The molecule has 0 aliphatic carbocycles. The third-order valence-corrected chi connectivity index (χ3v) is 3.06. The van der Waals surface area contributed by atoms with E-state index in [1.54, 1.807) is 20.8 Å². The molecule has 4 atom stereocenters. The number of alkyl carbamates (subject to hydrolysis) is 1. The molecule has 2 aliphatic heterocycles. The largest absolute Gasteiger partial charge is 0.481 e. The standard InChI is InChI=1S/C12H15NO7/c1-12(2,3)20-11(18)13-5-4(10(16)17)8-6(14)7(15)9(5)19-8/h4-5,8-9H,1-3H3,(H,13,18)(H,16,17). The summed E-state index contributed by atoms with van der Waals surface area (Å²) in [6.07, 6.45) is -3.43. The Balaban J connectivity index is 2.14. The number of hydrogen-bond donors (Lipinski definition) is 2. The van der Waals surface area contributed by atoms with Gasteiger partial charge in [0.05, 0.1) is 6.04 Å². The topological polar surface area (TPSA) is 119 Å². The number of carboxylic acids is 1. The minimum Gasteiger partial charge on any atom is -0.481 e. The highest BCUT2D eigenvalue weighted by Gasteiger charge is 2.62. The molecule has 2 N–H and O–H groups in total. The molecular formula is C12H15NO7. The van der Waals surface area contributed by atoms with Crippen LogP contribution in [-0.2, 0) is 23.9 Å². The molecule has 1 amide bonds. The Labute approximate surface area is 114 Å². The Morgan fingerprint density at radius 1 is 1.20 bits per heavy atom. The van der Waals surface area contributed by atoms with Crippen molar-refractivity contribution >= 4 is 23.6 Å². The van der Waals surface area contributed by atoms with E-state index in [1.165, 1.54) is 0 Å². The lowest BCUT2D eigenvalue weighted by atomic mass is 9.83. The molecule has 2 fully saturated rings. The normalized spacial score (nSPS) is 32.4. The van der Waals surface area contributed by atoms with Gasteiger partial charge in [0, 0.05) is 0 Å². The predicted molar refractivity (Wildman–Crippen MR) is 63.0 cm³/mol. The first-order valence-corrected chi connectivity index (χ1v) is 6.07. The average molecular weight is 285 g/mol. The van der Waals surface area contributed by atoms with Crippen molar-refractivity contribution in [2.24, 2.45) is 5.92 Å². The molecule has 20 heavy (non-hydrogen) atoms. The molecule has 8 nitrogen and oxygen atoms in total. The number of hydrogen-bond acceptors (Lipinski definition) is 6. The van der Waals surface area contributed by atoms with E-state index in [0.717, 1.165) is 0 Å². The minimum absolute atomic E-state index is 0.763. The van der Waals surface area contributed by atoms with Gasteiger partial charge in [-0.05, 0) is 20.8 Å². The first-order chi connectivity index (χ1) is 9.11. The third kappa shape index (κ3) is 2.38. The smallest absolute Gasteiger partial charge is 0.408 e. The van der Waals surface area contributed by atoms with Crippen molar-refractivity contribution in [1.82, 2.24) is 5.32 Å². The highest BCUT2D eigenvalue weighted by atomic mass is 16.6. The lowest BCUT2D eigenvalue weighted by Crippen LogP contribution is -2.56. The van der Waals surface area contributed by atoms with E-state index < -0.39 is 53.4 Å². The summed E-state index contributed by atoms with van der Waals surface area (Å²) in [7, 11) is 0. The molecule has 2 aliphatic rings. The molecule has 110 valence electrons. The number of carbonyl (C=O) groups excluding carboxylic acids is 3. The van der Waals surface area contributed by atoms with Crippen molar-refractivity contribution in [3.63, 3.8) is 0 Å². The molecule has 2 saturated heterocycles. The van der Waals surface area contributed by atoms with Gasteiger partial charge in [-0.1, -0.05) is 0 Å². The zero-order valence-corrected chi connectivity index (χ0v) is 11.2. The predicted octanol–water partition coefficient (Wildman–Crippen LogP) is -0.500. The average Bonchev–Trinajstić information content (AvgIpc) is 2.74. The number of ketones is 2. The number of rotatable bonds is 2. The van der Waals surface area contributed by atoms with Crippen LogP contribution in [0.15, 0.2) is 0 Å². The molecule has 0 aromatic heterocycles. The zero-order chi connectivity index (χ0) is 15.2. The van der Waals surface area contributed by atoms with Gasteiger partial charge in [0.2, 0.25) is 11.6 Å². The van der Waals surface area contributed by atoms with Crippen LogP contribution in [0.1, 0.15) is 20.8 Å². The summed E-state index contributed by atoms with van der Waals surface area (Å²) in [6.45, 7) is 4.94. The maximum atomic E-state index is 11.7. The summed E-state index contributed by atoms with van der Waals surface area (Å²) in [5.74, 6) is -4.25. The fraction of sp³-hybridized carbons (Fsp3) is 0.667. The monoisotopic (exact) mass is 285 g/mol. The van der Waals surface area contributed by atoms with Gasteiger partial charge in [-0.25, -0.2) is 4.79 Å². The molecule has 0 aromatic carbocycles. The van der Waals surface area contributed by atoms with Gasteiger partial charge in [-0.2, -0.15) is 0 Å². The number of aliphatic carboxylic acids is 1. The molecule has 0 spiro atoms. The van der Waals surface area contributed by atoms with Crippen LogP contribution >= 0.6 is 0 Å². The number of fused-ring (bicyclic) bond motifs is 2. The third-order valence-electron chi connectivity index (χ3n) is 3.06. The van der Waals surface area contributed by atoms with Crippen molar-refractivity contribution in [3.05, 3.63) is 0 Å². The van der Waals surface area contributed by atoms with Gasteiger partial charge in [0.15, 0.2) is 0 Å². The summed E-state index contributed by atoms with van der Waals surface area (Å²) in [6, 6.07) is -1.10. The van der Waals surface area contributed by atoms with E-state index >= 15 is 0 Å². The van der Waals surface area contributed by atoms with Gasteiger partial charge in [-0.3, -0.25) is 14.4 Å². The molecule has 4 unspecified atom stereocenters. The van der Waals surface area contributed by atoms with Crippen molar-refractivity contribution < 1.29 is 33.8 Å². The second-order valence-corrected chi connectivity index (χ2v) is 5.74. The van der Waals surface area contributed by atoms with E-state index in [1.807, 2.05) is 0 Å². The van der Waals surface area contributed by atoms with Crippen LogP contribution < -0.4 is 5.32 Å². The number of amides is 1. The maximum absolute atomic E-state index is 11.7. The Morgan fingerprint density at radius 3 is 2.25 bits per heavy atom. The number of carboxylic acid groups (broad SMARTS) is 1. The van der Waals surface area contributed by atoms with Crippen LogP contribution in [0.5, 0.6) is 0 Å². The van der Waals surface area contributed by atoms with E-state index in [4.69, 9.17) is 14.6 Å². The SMILES string of the molecule is CC(C)(C)OC(=O)NC1C2OC(C(=O)C2=O)C1C(=O)O. The quantitative estimate of drug-likeness (QED) is 0.656. The van der Waals surface area contributed by atoms with Crippen LogP contribution in [0, 0.1) is 5.92 Å². The Bertz CT molecular complexity index is 493. The number of carbonyl (C=O) groups is 4. The molecule has 0 aromatic rings. The summed E-state index contributed by atoms with van der Waals surface area (Å²) in [4.78, 5) is 45.9. The summed E-state index contributed by atoms with van der Waals surface area (Å²) >= 11 is 0. The zero-order valence-electron chi connectivity index (χ0n) is 11.2. The highest BCUT2D eigenvalue weighted by molar-refractivity contribution is 6.43. The first kappa shape index (κ1) is 14.4. The molecule has 8 heteroatoms. The van der Waals surface area contributed by atoms with E-state index in [2.05, 4.69) is 5.32 Å². The van der Waals surface area contributed by atoms with Gasteiger partial charge in [0.25, 0.3) is 0 Å². The highest BCUT2D eigenvalue weighted by Crippen LogP contribution is 2.35. The van der Waals surface area contributed by atoms with Crippen LogP contribution in [0.4, 0.5) is 4.79 Å². The van der Waals surface area contributed by atoms with Crippen LogP contribution in [-0.4, -0.2) is 52.6 Å². The molecule has 0 radical (unpaired) electrons. The Morgan fingerprint density at radius 2 is 1.75 bits per heavy atom. The molecule has 2 bridgehead atoms. The molecule has 2 rings (SSSR count). The minimum atomic E-state index is -1.33. The van der Waals surface area contributed by atoms with Gasteiger partial charge in [0.1, 0.15) is 23.7 Å². The van der Waals surface area contributed by atoms with E-state index in [-0.39, 0.29) is 0 Å². The number of ether oxygens (including phenoxy) is 2. The van der Waals surface area contributed by atoms with Crippen molar-refractivity contribution in [2.45, 2.75) is 44.6 Å². The van der Waals surface area contributed by atoms with Crippen LogP contribution in [0.3, 0.4) is 0 Å². The first-order valence-electron chi connectivity index (χ1n) is 6.07. The molecular weight excluding hydrogens is 270 g/mol. The molecule has 2 heterocycles. The van der Waals surface area contributed by atoms with Crippen molar-refractivity contribution in [2.75, 3.05) is 0 Å². The van der Waals surface area contributed by atoms with Gasteiger partial charge < -0.3 is 19.9 Å². The van der Waals surface area contributed by atoms with Crippen LogP contribution in [0.2, 0.25) is 0 Å².